The van der Waals surface area contributed by atoms with E-state index >= 15 is 0 Å². The van der Waals surface area contributed by atoms with Crippen molar-refractivity contribution < 1.29 is 28.2 Å². The van der Waals surface area contributed by atoms with Gasteiger partial charge in [-0.25, -0.2) is 14.0 Å². The molecular weight excluding hydrogens is 471 g/mol. The lowest BCUT2D eigenvalue weighted by atomic mass is 10.0. The van der Waals surface area contributed by atoms with Crippen LogP contribution in [0.15, 0.2) is 66.7 Å². The Morgan fingerprint density at radius 3 is 1.97 bits per heavy atom. The Kier molecular flexibility index (Phi) is 10.7. The van der Waals surface area contributed by atoms with Crippen molar-refractivity contribution in [2.75, 3.05) is 6.61 Å². The Bertz CT molecular complexity index is 1150. The summed E-state index contributed by atoms with van der Waals surface area (Å²) in [4.78, 5) is 24.8. The van der Waals surface area contributed by atoms with Gasteiger partial charge in [-0.3, -0.25) is 0 Å². The summed E-state index contributed by atoms with van der Waals surface area (Å²) in [5.41, 5.74) is 2.07. The smallest absolute Gasteiger partial charge is 0.343 e. The molecule has 0 N–H and O–H groups in total. The number of hydrogen-bond donors (Lipinski definition) is 0. The third kappa shape index (κ3) is 8.17. The summed E-state index contributed by atoms with van der Waals surface area (Å²) in [6.45, 7) is 6.69. The number of esters is 2. The first kappa shape index (κ1) is 27.9. The first-order valence-corrected chi connectivity index (χ1v) is 13.0. The van der Waals surface area contributed by atoms with Crippen LogP contribution in [0.25, 0.3) is 11.1 Å². The van der Waals surface area contributed by atoms with E-state index in [1.54, 1.807) is 12.1 Å². The minimum absolute atomic E-state index is 0.0101. The molecule has 3 aromatic carbocycles. The maximum Gasteiger partial charge on any atom is 0.343 e. The van der Waals surface area contributed by atoms with Gasteiger partial charge >= 0.3 is 11.9 Å². The average Bonchev–Trinajstić information content (AvgIpc) is 2.92. The molecule has 0 aliphatic rings. The fraction of sp³-hybridized carbons (Fsp3) is 0.355. The predicted molar refractivity (Wildman–Crippen MR) is 143 cm³/mol. The fourth-order valence-electron chi connectivity index (χ4n) is 3.82. The number of unbranched alkanes of at least 4 members (excludes halogenated alkanes) is 3. The predicted octanol–water partition coefficient (Wildman–Crippen LogP) is 8.02. The molecule has 0 bridgehead atoms. The minimum Gasteiger partial charge on any atom is -0.494 e. The minimum atomic E-state index is -0.801. The summed E-state index contributed by atoms with van der Waals surface area (Å²) in [6.07, 6.45) is 5.69. The Balaban J connectivity index is 1.57. The SMILES string of the molecule is CCCCCCOc1ccc(-c2ccc(C(=O)Oc3ccc(C(=O)OC(CC)CC)c(F)c3)cc2)cc1. The summed E-state index contributed by atoms with van der Waals surface area (Å²) in [6, 6.07) is 18.5. The highest BCUT2D eigenvalue weighted by Gasteiger charge is 2.18. The second-order valence-electron chi connectivity index (χ2n) is 8.89. The van der Waals surface area contributed by atoms with Gasteiger partial charge in [-0.15, -0.1) is 0 Å². The van der Waals surface area contributed by atoms with Crippen LogP contribution < -0.4 is 9.47 Å². The maximum absolute atomic E-state index is 14.5. The van der Waals surface area contributed by atoms with Gasteiger partial charge in [-0.05, 0) is 66.8 Å². The molecule has 0 fully saturated rings. The molecule has 3 aromatic rings. The lowest BCUT2D eigenvalue weighted by molar-refractivity contribution is 0.0279. The van der Waals surface area contributed by atoms with Crippen molar-refractivity contribution in [3.05, 3.63) is 83.7 Å². The van der Waals surface area contributed by atoms with Gasteiger partial charge in [0.1, 0.15) is 23.4 Å². The highest BCUT2D eigenvalue weighted by molar-refractivity contribution is 5.92. The van der Waals surface area contributed by atoms with Crippen LogP contribution in [0.2, 0.25) is 0 Å². The number of halogens is 1. The Morgan fingerprint density at radius 1 is 0.757 bits per heavy atom. The first-order valence-electron chi connectivity index (χ1n) is 13.0. The topological polar surface area (TPSA) is 61.8 Å². The van der Waals surface area contributed by atoms with Crippen molar-refractivity contribution in [3.8, 4) is 22.6 Å². The summed E-state index contributed by atoms with van der Waals surface area (Å²) < 4.78 is 30.9. The Morgan fingerprint density at radius 2 is 1.38 bits per heavy atom. The lowest BCUT2D eigenvalue weighted by Gasteiger charge is -2.14. The molecule has 0 spiro atoms. The van der Waals surface area contributed by atoms with E-state index in [4.69, 9.17) is 14.2 Å². The zero-order chi connectivity index (χ0) is 26.6. The van der Waals surface area contributed by atoms with Gasteiger partial charge in [0.2, 0.25) is 0 Å². The van der Waals surface area contributed by atoms with E-state index in [1.807, 2.05) is 50.2 Å². The van der Waals surface area contributed by atoms with Crippen LogP contribution in [0.5, 0.6) is 11.5 Å². The van der Waals surface area contributed by atoms with E-state index in [0.29, 0.717) is 25.0 Å². The van der Waals surface area contributed by atoms with Crippen molar-refractivity contribution in [1.29, 1.82) is 0 Å². The molecule has 0 aliphatic heterocycles. The van der Waals surface area contributed by atoms with Crippen molar-refractivity contribution in [2.24, 2.45) is 0 Å². The zero-order valence-corrected chi connectivity index (χ0v) is 21.8. The van der Waals surface area contributed by atoms with Crippen molar-refractivity contribution in [3.63, 3.8) is 0 Å². The van der Waals surface area contributed by atoms with Crippen LogP contribution in [-0.2, 0) is 4.74 Å². The van der Waals surface area contributed by atoms with Gasteiger partial charge in [0.05, 0.1) is 17.7 Å². The molecule has 0 saturated carbocycles. The summed E-state index contributed by atoms with van der Waals surface area (Å²) in [7, 11) is 0. The molecule has 3 rings (SSSR count). The molecule has 6 heteroatoms. The first-order chi connectivity index (χ1) is 17.9. The van der Waals surface area contributed by atoms with Gasteiger partial charge in [-0.1, -0.05) is 64.3 Å². The van der Waals surface area contributed by atoms with Gasteiger partial charge in [0, 0.05) is 6.07 Å². The van der Waals surface area contributed by atoms with E-state index < -0.39 is 17.8 Å². The van der Waals surface area contributed by atoms with E-state index in [1.165, 1.54) is 31.4 Å². The third-order valence-corrected chi connectivity index (χ3v) is 6.13. The van der Waals surface area contributed by atoms with Crippen LogP contribution >= 0.6 is 0 Å². The van der Waals surface area contributed by atoms with Crippen LogP contribution in [0.1, 0.15) is 80.0 Å². The molecule has 0 amide bonds. The molecule has 0 atom stereocenters. The molecule has 0 aromatic heterocycles. The molecule has 0 saturated heterocycles. The standard InChI is InChI=1S/C31H35FO5/c1-4-7-8-9-20-35-26-16-14-23(15-17-26)22-10-12-24(13-11-22)30(33)37-27-18-19-28(29(32)21-27)31(34)36-25(5-2)6-3/h10-19,21,25H,4-9,20H2,1-3H3. The molecule has 37 heavy (non-hydrogen) atoms. The third-order valence-electron chi connectivity index (χ3n) is 6.13. The molecule has 0 radical (unpaired) electrons. The van der Waals surface area contributed by atoms with E-state index in [0.717, 1.165) is 29.4 Å². The number of ether oxygens (including phenoxy) is 3. The summed E-state index contributed by atoms with van der Waals surface area (Å²) in [5, 5.41) is 0. The molecule has 0 heterocycles. The number of carbonyl (C=O) groups excluding carboxylic acids is 2. The molecule has 0 unspecified atom stereocenters. The Hall–Kier alpha value is -3.67. The summed E-state index contributed by atoms with van der Waals surface area (Å²) in [5.74, 6) is -1.31. The van der Waals surface area contributed by atoms with Crippen molar-refractivity contribution >= 4 is 11.9 Å². The van der Waals surface area contributed by atoms with Crippen molar-refractivity contribution in [2.45, 2.75) is 65.4 Å². The van der Waals surface area contributed by atoms with Crippen LogP contribution in [0, 0.1) is 5.82 Å². The summed E-state index contributed by atoms with van der Waals surface area (Å²) >= 11 is 0. The number of carbonyl (C=O) groups is 2. The number of hydrogen-bond acceptors (Lipinski definition) is 5. The van der Waals surface area contributed by atoms with Gasteiger partial charge in [-0.2, -0.15) is 0 Å². The van der Waals surface area contributed by atoms with Gasteiger partial charge in [0.25, 0.3) is 0 Å². The Labute approximate surface area is 218 Å². The van der Waals surface area contributed by atoms with E-state index in [9.17, 15) is 14.0 Å². The second-order valence-corrected chi connectivity index (χ2v) is 8.89. The van der Waals surface area contributed by atoms with Crippen LogP contribution in [0.3, 0.4) is 0 Å². The van der Waals surface area contributed by atoms with Gasteiger partial charge in [0.15, 0.2) is 0 Å². The van der Waals surface area contributed by atoms with Crippen LogP contribution in [0.4, 0.5) is 4.39 Å². The molecular formula is C31H35FO5. The monoisotopic (exact) mass is 506 g/mol. The second kappa shape index (κ2) is 14.2. The fourth-order valence-corrected chi connectivity index (χ4v) is 3.82. The van der Waals surface area contributed by atoms with Crippen molar-refractivity contribution in [1.82, 2.24) is 0 Å². The van der Waals surface area contributed by atoms with E-state index in [-0.39, 0.29) is 17.4 Å². The highest BCUT2D eigenvalue weighted by atomic mass is 19.1. The number of rotatable bonds is 13. The zero-order valence-electron chi connectivity index (χ0n) is 21.8. The number of benzene rings is 3. The quantitative estimate of drug-likeness (QED) is 0.133. The van der Waals surface area contributed by atoms with E-state index in [2.05, 4.69) is 6.92 Å². The van der Waals surface area contributed by atoms with Gasteiger partial charge < -0.3 is 14.2 Å². The molecule has 0 aliphatic carbocycles. The largest absolute Gasteiger partial charge is 0.494 e. The lowest BCUT2D eigenvalue weighted by Crippen LogP contribution is -2.17. The molecule has 196 valence electrons. The van der Waals surface area contributed by atoms with Crippen LogP contribution in [-0.4, -0.2) is 24.6 Å². The molecule has 5 nitrogen and oxygen atoms in total. The average molecular weight is 507 g/mol. The highest BCUT2D eigenvalue weighted by Crippen LogP contribution is 2.24. The maximum atomic E-state index is 14.5. The normalized spacial score (nSPS) is 10.8.